The second-order valence-electron chi connectivity index (χ2n) is 6.72. The smallest absolute Gasteiger partial charge is 0.129 e. The molecule has 21 heavy (non-hydrogen) atoms. The Balaban J connectivity index is 2.47. The second kappa shape index (κ2) is 5.95. The molecule has 0 aromatic heterocycles. The lowest BCUT2D eigenvalue weighted by atomic mass is 9.83. The van der Waals surface area contributed by atoms with Crippen LogP contribution in [0.15, 0.2) is 18.2 Å². The van der Waals surface area contributed by atoms with Crippen LogP contribution in [0.3, 0.4) is 0 Å². The molecule has 1 heterocycles. The standard InChI is InChI=1S/C17H27NO3/c1-11(2)12-7-6-8-13-14(20)16(18(5)9-10-19)17(3,4)21-15(12)13/h6-8,11,14,16,19-20H,9-10H2,1-5H3. The first kappa shape index (κ1) is 16.3. The van der Waals surface area contributed by atoms with Crippen LogP contribution in [0.5, 0.6) is 5.75 Å². The zero-order chi connectivity index (χ0) is 15.8. The van der Waals surface area contributed by atoms with Crippen molar-refractivity contribution < 1.29 is 14.9 Å². The molecule has 118 valence electrons. The molecule has 2 unspecified atom stereocenters. The Hall–Kier alpha value is -1.10. The molecule has 0 radical (unpaired) electrons. The van der Waals surface area contributed by atoms with E-state index in [1.165, 1.54) is 0 Å². The summed E-state index contributed by atoms with van der Waals surface area (Å²) in [6.07, 6.45) is -0.626. The normalized spacial score (nSPS) is 24.0. The van der Waals surface area contributed by atoms with Gasteiger partial charge in [0.05, 0.1) is 12.6 Å². The molecule has 2 N–H and O–H groups in total. The van der Waals surface area contributed by atoms with E-state index in [0.717, 1.165) is 16.9 Å². The number of hydrogen-bond donors (Lipinski definition) is 2. The van der Waals surface area contributed by atoms with Crippen molar-refractivity contribution in [1.29, 1.82) is 0 Å². The maximum absolute atomic E-state index is 10.9. The number of aliphatic hydroxyl groups excluding tert-OH is 2. The SMILES string of the molecule is CC(C)c1cccc2c1OC(C)(C)C(N(C)CCO)C2O. The maximum Gasteiger partial charge on any atom is 0.129 e. The molecule has 0 saturated heterocycles. The van der Waals surface area contributed by atoms with Crippen LogP contribution in [0.2, 0.25) is 0 Å². The van der Waals surface area contributed by atoms with Gasteiger partial charge >= 0.3 is 0 Å². The van der Waals surface area contributed by atoms with Gasteiger partial charge in [-0.1, -0.05) is 32.0 Å². The zero-order valence-electron chi connectivity index (χ0n) is 13.6. The van der Waals surface area contributed by atoms with Gasteiger partial charge in [0.1, 0.15) is 17.5 Å². The summed E-state index contributed by atoms with van der Waals surface area (Å²) in [6.45, 7) is 8.82. The zero-order valence-corrected chi connectivity index (χ0v) is 13.6. The number of nitrogens with zero attached hydrogens (tertiary/aromatic N) is 1. The van der Waals surface area contributed by atoms with E-state index < -0.39 is 11.7 Å². The van der Waals surface area contributed by atoms with Gasteiger partial charge in [-0.15, -0.1) is 0 Å². The number of likely N-dealkylation sites (N-methyl/N-ethyl adjacent to an activating group) is 1. The van der Waals surface area contributed by atoms with Crippen molar-refractivity contribution in [2.24, 2.45) is 0 Å². The molecule has 0 saturated carbocycles. The van der Waals surface area contributed by atoms with Crippen LogP contribution < -0.4 is 4.74 Å². The highest BCUT2D eigenvalue weighted by molar-refractivity contribution is 5.47. The molecule has 0 aliphatic carbocycles. The van der Waals surface area contributed by atoms with Gasteiger partial charge in [-0.25, -0.2) is 0 Å². The van der Waals surface area contributed by atoms with E-state index in [0.29, 0.717) is 12.5 Å². The third kappa shape index (κ3) is 2.93. The Kier molecular flexibility index (Phi) is 4.61. The summed E-state index contributed by atoms with van der Waals surface area (Å²) in [5.41, 5.74) is 1.44. The summed E-state index contributed by atoms with van der Waals surface area (Å²) in [7, 11) is 1.91. The summed E-state index contributed by atoms with van der Waals surface area (Å²) in [6, 6.07) is 5.77. The third-order valence-electron chi connectivity index (χ3n) is 4.32. The first-order valence-electron chi connectivity index (χ1n) is 7.60. The van der Waals surface area contributed by atoms with Gasteiger partial charge in [0.15, 0.2) is 0 Å². The highest BCUT2D eigenvalue weighted by Crippen LogP contribution is 2.45. The Bertz CT molecular complexity index is 499. The van der Waals surface area contributed by atoms with Gasteiger partial charge in [-0.05, 0) is 32.4 Å². The van der Waals surface area contributed by atoms with E-state index in [1.807, 2.05) is 37.9 Å². The Morgan fingerprint density at radius 3 is 2.57 bits per heavy atom. The monoisotopic (exact) mass is 293 g/mol. The maximum atomic E-state index is 10.9. The van der Waals surface area contributed by atoms with Crippen molar-refractivity contribution in [1.82, 2.24) is 4.90 Å². The minimum atomic E-state index is -0.626. The van der Waals surface area contributed by atoms with Gasteiger partial charge in [0, 0.05) is 12.1 Å². The highest BCUT2D eigenvalue weighted by Gasteiger charge is 2.45. The van der Waals surface area contributed by atoms with Crippen molar-refractivity contribution in [3.63, 3.8) is 0 Å². The first-order chi connectivity index (χ1) is 9.79. The lowest BCUT2D eigenvalue weighted by Gasteiger charge is -2.47. The number of benzene rings is 1. The molecule has 0 fully saturated rings. The summed E-state index contributed by atoms with van der Waals surface area (Å²) >= 11 is 0. The highest BCUT2D eigenvalue weighted by atomic mass is 16.5. The molecule has 0 bridgehead atoms. The number of hydrogen-bond acceptors (Lipinski definition) is 4. The average molecular weight is 293 g/mol. The van der Waals surface area contributed by atoms with Crippen LogP contribution >= 0.6 is 0 Å². The van der Waals surface area contributed by atoms with Crippen LogP contribution in [-0.2, 0) is 0 Å². The fourth-order valence-electron chi connectivity index (χ4n) is 3.32. The van der Waals surface area contributed by atoms with E-state index in [2.05, 4.69) is 19.9 Å². The Labute approximate surface area is 127 Å². The van der Waals surface area contributed by atoms with Crippen molar-refractivity contribution in [3.8, 4) is 5.75 Å². The van der Waals surface area contributed by atoms with Crippen molar-refractivity contribution in [3.05, 3.63) is 29.3 Å². The van der Waals surface area contributed by atoms with Crippen LogP contribution in [0.25, 0.3) is 0 Å². The molecular formula is C17H27NO3. The van der Waals surface area contributed by atoms with E-state index in [1.54, 1.807) is 0 Å². The Morgan fingerprint density at radius 2 is 2.00 bits per heavy atom. The lowest BCUT2D eigenvalue weighted by molar-refractivity contribution is -0.0778. The fourth-order valence-corrected chi connectivity index (χ4v) is 3.32. The van der Waals surface area contributed by atoms with E-state index in [9.17, 15) is 10.2 Å². The molecule has 2 rings (SSSR count). The van der Waals surface area contributed by atoms with Gasteiger partial charge in [-0.3, -0.25) is 4.90 Å². The fraction of sp³-hybridized carbons (Fsp3) is 0.647. The molecule has 1 aliphatic rings. The third-order valence-corrected chi connectivity index (χ3v) is 4.32. The summed E-state index contributed by atoms with van der Waals surface area (Å²) in [5.74, 6) is 1.16. The summed E-state index contributed by atoms with van der Waals surface area (Å²) in [5, 5.41) is 20.0. The number of ether oxygens (including phenoxy) is 1. The lowest BCUT2D eigenvalue weighted by Crippen LogP contribution is -2.57. The number of fused-ring (bicyclic) bond motifs is 1. The van der Waals surface area contributed by atoms with Crippen molar-refractivity contribution in [2.45, 2.75) is 51.4 Å². The number of rotatable bonds is 4. The van der Waals surface area contributed by atoms with Crippen molar-refractivity contribution in [2.75, 3.05) is 20.2 Å². The molecule has 2 atom stereocenters. The van der Waals surface area contributed by atoms with Gasteiger partial charge in [-0.2, -0.15) is 0 Å². The molecule has 1 aliphatic heterocycles. The summed E-state index contributed by atoms with van der Waals surface area (Å²) < 4.78 is 6.28. The van der Waals surface area contributed by atoms with E-state index >= 15 is 0 Å². The molecule has 0 spiro atoms. The van der Waals surface area contributed by atoms with Crippen LogP contribution in [0.1, 0.15) is 50.8 Å². The molecule has 1 aromatic carbocycles. The molecular weight excluding hydrogens is 266 g/mol. The van der Waals surface area contributed by atoms with Gasteiger partial charge in [0.25, 0.3) is 0 Å². The van der Waals surface area contributed by atoms with Crippen molar-refractivity contribution >= 4 is 0 Å². The van der Waals surface area contributed by atoms with E-state index in [-0.39, 0.29) is 12.6 Å². The predicted octanol–water partition coefficient (Wildman–Crippen LogP) is 2.31. The predicted molar refractivity (Wildman–Crippen MR) is 83.7 cm³/mol. The van der Waals surface area contributed by atoms with E-state index in [4.69, 9.17) is 4.74 Å². The molecule has 1 aromatic rings. The minimum absolute atomic E-state index is 0.0642. The van der Waals surface area contributed by atoms with Crippen LogP contribution in [0, 0.1) is 0 Å². The van der Waals surface area contributed by atoms with Gasteiger partial charge < -0.3 is 14.9 Å². The first-order valence-corrected chi connectivity index (χ1v) is 7.60. The minimum Gasteiger partial charge on any atom is -0.485 e. The largest absolute Gasteiger partial charge is 0.485 e. The molecule has 4 nitrogen and oxygen atoms in total. The molecule has 4 heteroatoms. The van der Waals surface area contributed by atoms with Crippen LogP contribution in [0.4, 0.5) is 0 Å². The number of para-hydroxylation sites is 1. The van der Waals surface area contributed by atoms with Crippen LogP contribution in [-0.4, -0.2) is 47.0 Å². The number of aliphatic hydroxyl groups is 2. The Morgan fingerprint density at radius 1 is 1.33 bits per heavy atom. The quantitative estimate of drug-likeness (QED) is 0.894. The average Bonchev–Trinajstić information content (AvgIpc) is 2.37. The second-order valence-corrected chi connectivity index (χ2v) is 6.72. The molecule has 0 amide bonds. The topological polar surface area (TPSA) is 52.9 Å². The van der Waals surface area contributed by atoms with Gasteiger partial charge in [0.2, 0.25) is 0 Å². The summed E-state index contributed by atoms with van der Waals surface area (Å²) in [4.78, 5) is 1.97.